The number of rotatable bonds is 5. The van der Waals surface area contributed by atoms with Crippen molar-refractivity contribution < 1.29 is 9.53 Å². The maximum atomic E-state index is 10.4. The number of benzene rings is 1. The number of hydrogen-bond acceptors (Lipinski definition) is 2. The number of halogens is 1. The standard InChI is InChI=1S/C13H17BrO2/c1-9(2)12-8-11(14)7-10(5-4-6-15)13(12)16-3/h6-9H,4-5H2,1-3H3. The van der Waals surface area contributed by atoms with E-state index in [0.29, 0.717) is 12.3 Å². The molecule has 0 unspecified atom stereocenters. The van der Waals surface area contributed by atoms with Crippen LogP contribution in [-0.2, 0) is 11.2 Å². The Labute approximate surface area is 105 Å². The molecule has 0 aliphatic heterocycles. The van der Waals surface area contributed by atoms with Gasteiger partial charge < -0.3 is 9.53 Å². The van der Waals surface area contributed by atoms with Gasteiger partial charge in [-0.15, -0.1) is 0 Å². The van der Waals surface area contributed by atoms with E-state index in [1.807, 2.05) is 6.07 Å². The largest absolute Gasteiger partial charge is 0.496 e. The summed E-state index contributed by atoms with van der Waals surface area (Å²) in [5.41, 5.74) is 2.27. The first-order valence-corrected chi connectivity index (χ1v) is 6.19. The van der Waals surface area contributed by atoms with E-state index in [0.717, 1.165) is 28.5 Å². The van der Waals surface area contributed by atoms with Crippen LogP contribution in [0.5, 0.6) is 5.75 Å². The Morgan fingerprint density at radius 2 is 2.12 bits per heavy atom. The van der Waals surface area contributed by atoms with Gasteiger partial charge >= 0.3 is 0 Å². The molecule has 0 amide bonds. The van der Waals surface area contributed by atoms with Crippen molar-refractivity contribution in [2.45, 2.75) is 32.6 Å². The number of ether oxygens (including phenoxy) is 1. The minimum Gasteiger partial charge on any atom is -0.496 e. The fourth-order valence-electron chi connectivity index (χ4n) is 1.75. The van der Waals surface area contributed by atoms with E-state index < -0.39 is 0 Å². The molecule has 0 heterocycles. The fraction of sp³-hybridized carbons (Fsp3) is 0.462. The second-order valence-corrected chi connectivity index (χ2v) is 4.96. The van der Waals surface area contributed by atoms with E-state index in [9.17, 15) is 4.79 Å². The highest BCUT2D eigenvalue weighted by molar-refractivity contribution is 9.10. The third-order valence-electron chi connectivity index (χ3n) is 2.52. The molecule has 0 aliphatic carbocycles. The Morgan fingerprint density at radius 3 is 2.62 bits per heavy atom. The Bertz CT molecular complexity index is 372. The van der Waals surface area contributed by atoms with Crippen LogP contribution < -0.4 is 4.74 Å². The zero-order valence-electron chi connectivity index (χ0n) is 9.92. The van der Waals surface area contributed by atoms with Gasteiger partial charge in [-0.2, -0.15) is 0 Å². The molecule has 0 aromatic heterocycles. The second kappa shape index (κ2) is 6.04. The van der Waals surface area contributed by atoms with Crippen LogP contribution in [0.4, 0.5) is 0 Å². The first kappa shape index (κ1) is 13.2. The molecule has 0 fully saturated rings. The average molecular weight is 285 g/mol. The molecule has 0 aliphatic rings. The van der Waals surface area contributed by atoms with Gasteiger partial charge in [-0.25, -0.2) is 0 Å². The van der Waals surface area contributed by atoms with Crippen LogP contribution in [0.15, 0.2) is 16.6 Å². The van der Waals surface area contributed by atoms with Gasteiger partial charge in [-0.3, -0.25) is 0 Å². The lowest BCUT2D eigenvalue weighted by Crippen LogP contribution is -2.00. The van der Waals surface area contributed by atoms with E-state index in [2.05, 4.69) is 35.8 Å². The summed E-state index contributed by atoms with van der Waals surface area (Å²) in [7, 11) is 1.68. The Kier molecular flexibility index (Phi) is 5.00. The van der Waals surface area contributed by atoms with Crippen LogP contribution in [0.25, 0.3) is 0 Å². The monoisotopic (exact) mass is 284 g/mol. The van der Waals surface area contributed by atoms with Gasteiger partial charge in [0.05, 0.1) is 7.11 Å². The summed E-state index contributed by atoms with van der Waals surface area (Å²) in [6.45, 7) is 4.27. The van der Waals surface area contributed by atoms with Crippen molar-refractivity contribution in [3.8, 4) is 5.75 Å². The minimum absolute atomic E-state index is 0.405. The van der Waals surface area contributed by atoms with Gasteiger partial charge in [0.25, 0.3) is 0 Å². The summed E-state index contributed by atoms with van der Waals surface area (Å²) in [6.07, 6.45) is 2.20. The Hall–Kier alpha value is -0.830. The lowest BCUT2D eigenvalue weighted by Gasteiger charge is -2.16. The van der Waals surface area contributed by atoms with Gasteiger partial charge in [0, 0.05) is 10.9 Å². The summed E-state index contributed by atoms with van der Waals surface area (Å²) < 4.78 is 6.49. The molecule has 0 bridgehead atoms. The highest BCUT2D eigenvalue weighted by Crippen LogP contribution is 2.33. The summed E-state index contributed by atoms with van der Waals surface area (Å²) in [5.74, 6) is 1.32. The molecule has 88 valence electrons. The van der Waals surface area contributed by atoms with Crippen molar-refractivity contribution in [3.05, 3.63) is 27.7 Å². The van der Waals surface area contributed by atoms with E-state index in [4.69, 9.17) is 4.74 Å². The summed E-state index contributed by atoms with van der Waals surface area (Å²) >= 11 is 3.49. The summed E-state index contributed by atoms with van der Waals surface area (Å²) in [5, 5.41) is 0. The van der Waals surface area contributed by atoms with Gasteiger partial charge in [-0.1, -0.05) is 29.8 Å². The Morgan fingerprint density at radius 1 is 1.44 bits per heavy atom. The molecule has 3 heteroatoms. The quantitative estimate of drug-likeness (QED) is 0.771. The first-order chi connectivity index (χ1) is 7.60. The molecule has 0 saturated heterocycles. The number of carbonyl (C=O) groups excluding carboxylic acids is 1. The second-order valence-electron chi connectivity index (χ2n) is 4.05. The third-order valence-corrected chi connectivity index (χ3v) is 2.97. The van der Waals surface area contributed by atoms with Crippen LogP contribution in [0, 0.1) is 0 Å². The number of methoxy groups -OCH3 is 1. The summed E-state index contributed by atoms with van der Waals surface area (Å²) in [6, 6.07) is 4.10. The van der Waals surface area contributed by atoms with E-state index in [1.165, 1.54) is 5.56 Å². The van der Waals surface area contributed by atoms with Crippen molar-refractivity contribution in [2.75, 3.05) is 7.11 Å². The molecule has 0 radical (unpaired) electrons. The molecule has 0 N–H and O–H groups in total. The zero-order chi connectivity index (χ0) is 12.1. The molecular weight excluding hydrogens is 268 g/mol. The van der Waals surface area contributed by atoms with Crippen LogP contribution in [-0.4, -0.2) is 13.4 Å². The average Bonchev–Trinajstić information content (AvgIpc) is 2.25. The van der Waals surface area contributed by atoms with E-state index >= 15 is 0 Å². The van der Waals surface area contributed by atoms with Gasteiger partial charge in [-0.05, 0) is 35.6 Å². The van der Waals surface area contributed by atoms with Crippen molar-refractivity contribution in [2.24, 2.45) is 0 Å². The normalized spacial score (nSPS) is 10.6. The highest BCUT2D eigenvalue weighted by atomic mass is 79.9. The zero-order valence-corrected chi connectivity index (χ0v) is 11.5. The maximum Gasteiger partial charge on any atom is 0.125 e. The van der Waals surface area contributed by atoms with Crippen LogP contribution in [0.2, 0.25) is 0 Å². The molecule has 1 aromatic carbocycles. The predicted molar refractivity (Wildman–Crippen MR) is 69.2 cm³/mol. The van der Waals surface area contributed by atoms with Crippen molar-refractivity contribution in [1.29, 1.82) is 0 Å². The molecule has 0 atom stereocenters. The van der Waals surface area contributed by atoms with E-state index in [-0.39, 0.29) is 0 Å². The smallest absolute Gasteiger partial charge is 0.125 e. The SMILES string of the molecule is COc1c(CCC=O)cc(Br)cc1C(C)C. The number of aldehydes is 1. The molecule has 0 saturated carbocycles. The highest BCUT2D eigenvalue weighted by Gasteiger charge is 2.13. The molecule has 1 aromatic rings. The molecule has 2 nitrogen and oxygen atoms in total. The topological polar surface area (TPSA) is 26.3 Å². The molecular formula is C13H17BrO2. The van der Waals surface area contributed by atoms with Gasteiger partial charge in [0.15, 0.2) is 0 Å². The number of hydrogen-bond donors (Lipinski definition) is 0. The lowest BCUT2D eigenvalue weighted by molar-refractivity contribution is -0.107. The predicted octanol–water partition coefficient (Wildman–Crippen LogP) is 3.71. The van der Waals surface area contributed by atoms with Crippen molar-refractivity contribution >= 4 is 22.2 Å². The fourth-order valence-corrected chi connectivity index (χ4v) is 2.27. The number of aryl methyl sites for hydroxylation is 1. The molecule has 16 heavy (non-hydrogen) atoms. The van der Waals surface area contributed by atoms with Crippen LogP contribution in [0.3, 0.4) is 0 Å². The first-order valence-electron chi connectivity index (χ1n) is 5.40. The van der Waals surface area contributed by atoms with Crippen LogP contribution in [0.1, 0.15) is 37.3 Å². The number of carbonyl (C=O) groups is 1. The Balaban J connectivity index is 3.18. The lowest BCUT2D eigenvalue weighted by atomic mass is 9.97. The third kappa shape index (κ3) is 3.08. The molecule has 0 spiro atoms. The molecule has 1 rings (SSSR count). The van der Waals surface area contributed by atoms with E-state index in [1.54, 1.807) is 7.11 Å². The minimum atomic E-state index is 0.405. The van der Waals surface area contributed by atoms with Crippen molar-refractivity contribution in [1.82, 2.24) is 0 Å². The van der Waals surface area contributed by atoms with Crippen molar-refractivity contribution in [3.63, 3.8) is 0 Å². The summed E-state index contributed by atoms with van der Waals surface area (Å²) in [4.78, 5) is 10.4. The van der Waals surface area contributed by atoms with Crippen LogP contribution >= 0.6 is 15.9 Å². The van der Waals surface area contributed by atoms with Gasteiger partial charge in [0.1, 0.15) is 12.0 Å². The van der Waals surface area contributed by atoms with Gasteiger partial charge in [0.2, 0.25) is 0 Å². The maximum absolute atomic E-state index is 10.4.